The van der Waals surface area contributed by atoms with E-state index in [-0.39, 0.29) is 0 Å². The van der Waals surface area contributed by atoms with Gasteiger partial charge in [0.25, 0.3) is 0 Å². The van der Waals surface area contributed by atoms with Crippen LogP contribution in [0.3, 0.4) is 0 Å². The molecule has 0 N–H and O–H groups in total. The summed E-state index contributed by atoms with van der Waals surface area (Å²) in [6, 6.07) is 148. The van der Waals surface area contributed by atoms with Gasteiger partial charge in [-0.2, -0.15) is 0 Å². The number of anilines is 12. The zero-order valence-electron chi connectivity index (χ0n) is 65.7. The summed E-state index contributed by atoms with van der Waals surface area (Å²) in [6.07, 6.45) is 11.0. The number of hydrogen-bond donors (Lipinski definition) is 0. The van der Waals surface area contributed by atoms with Gasteiger partial charge in [-0.25, -0.2) is 0 Å². The summed E-state index contributed by atoms with van der Waals surface area (Å²) in [5.74, 6) is 1.46. The second kappa shape index (κ2) is 30.7. The highest BCUT2D eigenvalue weighted by Crippen LogP contribution is 2.58. The number of thiophene rings is 2. The van der Waals surface area contributed by atoms with E-state index in [4.69, 9.17) is 0 Å². The minimum atomic E-state index is 0.396. The van der Waals surface area contributed by atoms with E-state index in [1.54, 1.807) is 0 Å². The Morgan fingerprint density at radius 2 is 0.475 bits per heavy atom. The Bertz CT molecular complexity index is 7100. The van der Waals surface area contributed by atoms with Crippen LogP contribution in [-0.4, -0.2) is 0 Å². The minimum Gasteiger partial charge on any atom is -0.309 e. The van der Waals surface area contributed by atoms with Crippen molar-refractivity contribution in [2.24, 2.45) is 0 Å². The Morgan fingerprint density at radius 3 is 0.864 bits per heavy atom. The van der Waals surface area contributed by atoms with Gasteiger partial charge in [0.15, 0.2) is 0 Å². The first-order valence-corrected chi connectivity index (χ1v) is 43.7. The summed E-state index contributed by atoms with van der Waals surface area (Å²) >= 11 is 3.87. The molecule has 4 nitrogen and oxygen atoms in total. The molecule has 2 heterocycles. The van der Waals surface area contributed by atoms with E-state index in [2.05, 4.69) is 414 Å². The molecule has 2 fully saturated rings. The molecule has 20 aromatic rings. The van der Waals surface area contributed by atoms with E-state index in [9.17, 15) is 0 Å². The SMILES string of the molecule is c1ccc(-c2ccccc2N(c2ccccc2)c2cc3ccccc3c3c2sc2c(N(c4ccccc4)c4ccc(C5CCC(c6ccc(N(c7ccccc7)c7cc8ccccc8c8c7sc7c(N(c9ccccc9)c9ccc(C%10CCCCC%10)cc9)cc9ccccc9c78)cc6)CC5)cc4-c4ccccc4)cc4ccccc4c23)cc1. The van der Waals surface area contributed by atoms with Crippen LogP contribution in [0.5, 0.6) is 0 Å². The quantitative estimate of drug-likeness (QED) is 0.0901. The number of hydrogen-bond acceptors (Lipinski definition) is 6. The van der Waals surface area contributed by atoms with Crippen molar-refractivity contribution in [3.8, 4) is 22.3 Å². The van der Waals surface area contributed by atoms with Crippen LogP contribution in [0.2, 0.25) is 0 Å². The molecule has 2 saturated carbocycles. The first-order valence-electron chi connectivity index (χ1n) is 42.1. The van der Waals surface area contributed by atoms with E-state index in [1.807, 2.05) is 22.7 Å². The van der Waals surface area contributed by atoms with E-state index in [0.717, 1.165) is 76.9 Å². The zero-order valence-corrected chi connectivity index (χ0v) is 67.4. The van der Waals surface area contributed by atoms with E-state index in [1.165, 1.54) is 172 Å². The molecule has 0 aliphatic heterocycles. The van der Waals surface area contributed by atoms with Gasteiger partial charge in [0, 0.05) is 66.8 Å². The highest BCUT2D eigenvalue weighted by molar-refractivity contribution is 7.28. The van der Waals surface area contributed by atoms with Gasteiger partial charge in [0.1, 0.15) is 0 Å². The molecule has 18 aromatic carbocycles. The fourth-order valence-electron chi connectivity index (χ4n) is 19.9. The molecule has 566 valence electrons. The second-order valence-corrected chi connectivity index (χ2v) is 34.3. The van der Waals surface area contributed by atoms with Crippen molar-refractivity contribution >= 4 is 174 Å². The molecule has 0 saturated heterocycles. The summed E-state index contributed by atoms with van der Waals surface area (Å²) in [4.78, 5) is 10.2. The van der Waals surface area contributed by atoms with Crippen molar-refractivity contribution in [1.29, 1.82) is 0 Å². The Hall–Kier alpha value is -13.4. The number of fused-ring (bicyclic) bond motifs is 14. The lowest BCUT2D eigenvalue weighted by atomic mass is 9.75. The van der Waals surface area contributed by atoms with Gasteiger partial charge in [0.05, 0.1) is 52.9 Å². The van der Waals surface area contributed by atoms with Crippen LogP contribution in [0, 0.1) is 0 Å². The average Bonchev–Trinajstić information content (AvgIpc) is 1.55. The largest absolute Gasteiger partial charge is 0.309 e. The molecule has 0 atom stereocenters. The Kier molecular flexibility index (Phi) is 18.5. The number of benzene rings is 18. The van der Waals surface area contributed by atoms with E-state index >= 15 is 0 Å². The Morgan fingerprint density at radius 1 is 0.195 bits per heavy atom. The fourth-order valence-corrected chi connectivity index (χ4v) is 22.6. The molecule has 0 amide bonds. The molecular weight excluding hydrogens is 1470 g/mol. The standard InChI is InChI=1S/C112H86N4S2/c1-8-32-75(33-9-1)77-60-65-91(66-61-77)113(87-42-14-4-15-43-87)101-71-83-38-22-26-51-94(83)105-106-95-52-27-23-39-84(95)72-102(110(106)117-109(101)105)114(88-44-16-5-17-45-88)92-67-62-78(63-68-92)76-56-58-79(59-57-76)82-64-69-100(98(70-82)81-36-12-3-13-37-81)116(90-48-20-7-21-49-90)104-74-86-41-25-29-54-97(86)108-107-96-53-28-24-40-85(96)73-103(111(107)118-112(104)108)115(89-46-18-6-19-47-89)99-55-31-30-50-93(99)80-34-10-2-11-35-80/h2-7,10-31,34-55,60-76,79H,1,8-9,32-33,56-59H2. The van der Waals surface area contributed by atoms with Gasteiger partial charge in [0.2, 0.25) is 0 Å². The van der Waals surface area contributed by atoms with Crippen LogP contribution in [0.1, 0.15) is 92.2 Å². The third kappa shape index (κ3) is 12.7. The molecule has 0 spiro atoms. The van der Waals surface area contributed by atoms with Crippen molar-refractivity contribution in [2.45, 2.75) is 75.5 Å². The smallest absolute Gasteiger partial charge is 0.0647 e. The average molecular weight is 1550 g/mol. The Balaban J connectivity index is 0.630. The maximum Gasteiger partial charge on any atom is 0.0647 e. The lowest BCUT2D eigenvalue weighted by Gasteiger charge is -2.32. The second-order valence-electron chi connectivity index (χ2n) is 32.3. The lowest BCUT2D eigenvalue weighted by Crippen LogP contribution is -2.14. The van der Waals surface area contributed by atoms with Crippen LogP contribution >= 0.6 is 22.7 Å². The highest BCUT2D eigenvalue weighted by atomic mass is 32.1. The van der Waals surface area contributed by atoms with Crippen LogP contribution in [-0.2, 0) is 0 Å². The number of para-hydroxylation sites is 5. The molecule has 0 radical (unpaired) electrons. The van der Waals surface area contributed by atoms with Crippen molar-refractivity contribution in [1.82, 2.24) is 0 Å². The summed E-state index contributed by atoms with van der Waals surface area (Å²) in [6.45, 7) is 0. The van der Waals surface area contributed by atoms with Crippen molar-refractivity contribution < 1.29 is 0 Å². The summed E-state index contributed by atoms with van der Waals surface area (Å²) in [5.41, 5.74) is 22.8. The minimum absolute atomic E-state index is 0.396. The van der Waals surface area contributed by atoms with Crippen LogP contribution in [0.15, 0.2) is 394 Å². The molecule has 6 heteroatoms. The van der Waals surface area contributed by atoms with Crippen molar-refractivity contribution in [2.75, 3.05) is 19.6 Å². The molecule has 2 aliphatic rings. The molecule has 2 aromatic heterocycles. The maximum atomic E-state index is 2.58. The molecular formula is C112H86N4S2. The predicted molar refractivity (Wildman–Crippen MR) is 508 cm³/mol. The van der Waals surface area contributed by atoms with Gasteiger partial charge in [-0.3, -0.25) is 0 Å². The van der Waals surface area contributed by atoms with Crippen LogP contribution < -0.4 is 19.6 Å². The summed E-state index contributed by atoms with van der Waals surface area (Å²) < 4.78 is 5.02. The van der Waals surface area contributed by atoms with Gasteiger partial charge >= 0.3 is 0 Å². The molecule has 22 rings (SSSR count). The molecule has 0 bridgehead atoms. The summed E-state index contributed by atoms with van der Waals surface area (Å²) in [5, 5.41) is 15.0. The molecule has 2 aliphatic carbocycles. The topological polar surface area (TPSA) is 13.0 Å². The maximum absolute atomic E-state index is 2.58. The normalized spacial score (nSPS) is 14.6. The van der Waals surface area contributed by atoms with E-state index < -0.39 is 0 Å². The van der Waals surface area contributed by atoms with Gasteiger partial charge in [-0.05, 0) is 242 Å². The predicted octanol–water partition coefficient (Wildman–Crippen LogP) is 33.7. The molecule has 118 heavy (non-hydrogen) atoms. The first kappa shape index (κ1) is 71.2. The van der Waals surface area contributed by atoms with Crippen molar-refractivity contribution in [3.05, 3.63) is 411 Å². The van der Waals surface area contributed by atoms with Gasteiger partial charge < -0.3 is 19.6 Å². The Labute approximate surface area is 697 Å². The lowest BCUT2D eigenvalue weighted by molar-refractivity contribution is 0.396. The zero-order chi connectivity index (χ0) is 78.0. The molecule has 0 unspecified atom stereocenters. The fraction of sp³-hybridized carbons (Fsp3) is 0.107. The third-order valence-electron chi connectivity index (χ3n) is 25.5. The third-order valence-corrected chi connectivity index (χ3v) is 28.0. The van der Waals surface area contributed by atoms with Crippen molar-refractivity contribution in [3.63, 3.8) is 0 Å². The van der Waals surface area contributed by atoms with Gasteiger partial charge in [-0.1, -0.05) is 298 Å². The monoisotopic (exact) mass is 1550 g/mol. The van der Waals surface area contributed by atoms with E-state index in [0.29, 0.717) is 17.8 Å². The first-order chi connectivity index (χ1) is 58.6. The van der Waals surface area contributed by atoms with Gasteiger partial charge in [-0.15, -0.1) is 22.7 Å². The van der Waals surface area contributed by atoms with Crippen LogP contribution in [0.4, 0.5) is 68.2 Å². The number of nitrogens with zero attached hydrogens (tertiary/aromatic N) is 4. The van der Waals surface area contributed by atoms with Crippen LogP contribution in [0.25, 0.3) is 106 Å². The number of rotatable bonds is 17. The highest BCUT2D eigenvalue weighted by Gasteiger charge is 2.32. The summed E-state index contributed by atoms with van der Waals surface area (Å²) in [7, 11) is 0.